The minimum atomic E-state index is 0.207. The summed E-state index contributed by atoms with van der Waals surface area (Å²) < 4.78 is 0. The van der Waals surface area contributed by atoms with Crippen molar-refractivity contribution in [3.8, 4) is 0 Å². The number of rotatable bonds is 2. The van der Waals surface area contributed by atoms with Gasteiger partial charge in [0.1, 0.15) is 0 Å². The predicted octanol–water partition coefficient (Wildman–Crippen LogP) is 0.999. The molecule has 4 heteroatoms. The second kappa shape index (κ2) is 5.31. The van der Waals surface area contributed by atoms with Crippen LogP contribution in [0.2, 0.25) is 0 Å². The number of nitrogens with two attached hydrogens (primary N) is 1. The summed E-state index contributed by atoms with van der Waals surface area (Å²) in [5.74, 6) is 0.207. The van der Waals surface area contributed by atoms with E-state index >= 15 is 0 Å². The highest BCUT2D eigenvalue weighted by Gasteiger charge is 2.26. The molecule has 0 saturated carbocycles. The molecule has 1 amide bonds. The van der Waals surface area contributed by atoms with E-state index in [1.54, 1.807) is 0 Å². The molecule has 19 heavy (non-hydrogen) atoms. The fourth-order valence-electron chi connectivity index (χ4n) is 3.11. The van der Waals surface area contributed by atoms with Crippen molar-refractivity contribution in [2.45, 2.75) is 25.3 Å². The maximum atomic E-state index is 12.4. The first-order chi connectivity index (χ1) is 9.24. The molecule has 3 rings (SSSR count). The van der Waals surface area contributed by atoms with Crippen LogP contribution in [0, 0.1) is 0 Å². The van der Waals surface area contributed by atoms with Crippen LogP contribution >= 0.6 is 0 Å². The molecule has 1 fully saturated rings. The molecule has 1 atom stereocenters. The molecule has 1 aromatic rings. The maximum absolute atomic E-state index is 12.4. The standard InChI is InChI=1S/C15H21N3O/c16-13-5-3-8-17(10-13)11-15(19)18-9-7-12-4-1-2-6-14(12)18/h1-2,4,6,13H,3,5,7-11,16H2. The summed E-state index contributed by atoms with van der Waals surface area (Å²) in [5.41, 5.74) is 8.34. The van der Waals surface area contributed by atoms with Gasteiger partial charge in [0.25, 0.3) is 0 Å². The van der Waals surface area contributed by atoms with E-state index in [1.807, 2.05) is 23.1 Å². The highest BCUT2D eigenvalue weighted by molar-refractivity contribution is 5.96. The number of para-hydroxylation sites is 1. The molecule has 102 valence electrons. The van der Waals surface area contributed by atoms with Gasteiger partial charge in [-0.05, 0) is 37.4 Å². The molecule has 2 aliphatic heterocycles. The summed E-state index contributed by atoms with van der Waals surface area (Å²) in [4.78, 5) is 16.5. The van der Waals surface area contributed by atoms with Crippen molar-refractivity contribution in [1.29, 1.82) is 0 Å². The van der Waals surface area contributed by atoms with E-state index in [0.29, 0.717) is 6.54 Å². The number of benzene rings is 1. The van der Waals surface area contributed by atoms with Crippen molar-refractivity contribution in [3.05, 3.63) is 29.8 Å². The summed E-state index contributed by atoms with van der Waals surface area (Å²) in [6.07, 6.45) is 3.16. The molecule has 4 nitrogen and oxygen atoms in total. The van der Waals surface area contributed by atoms with Gasteiger partial charge in [-0.2, -0.15) is 0 Å². The zero-order valence-electron chi connectivity index (χ0n) is 11.2. The monoisotopic (exact) mass is 259 g/mol. The third-order valence-electron chi connectivity index (χ3n) is 4.09. The first kappa shape index (κ1) is 12.6. The van der Waals surface area contributed by atoms with Crippen LogP contribution in [-0.4, -0.2) is 43.0 Å². The van der Waals surface area contributed by atoms with Crippen molar-refractivity contribution in [1.82, 2.24) is 4.90 Å². The summed E-state index contributed by atoms with van der Waals surface area (Å²) in [5, 5.41) is 0. The zero-order valence-corrected chi connectivity index (χ0v) is 11.2. The van der Waals surface area contributed by atoms with Gasteiger partial charge in [-0.1, -0.05) is 18.2 Å². The summed E-state index contributed by atoms with van der Waals surface area (Å²) in [7, 11) is 0. The Morgan fingerprint density at radius 3 is 3.00 bits per heavy atom. The first-order valence-electron chi connectivity index (χ1n) is 7.10. The average molecular weight is 259 g/mol. The van der Waals surface area contributed by atoms with Crippen LogP contribution in [0.15, 0.2) is 24.3 Å². The molecule has 0 aromatic heterocycles. The molecule has 0 bridgehead atoms. The van der Waals surface area contributed by atoms with Gasteiger partial charge >= 0.3 is 0 Å². The van der Waals surface area contributed by atoms with Crippen molar-refractivity contribution in [3.63, 3.8) is 0 Å². The topological polar surface area (TPSA) is 49.6 Å². The predicted molar refractivity (Wildman–Crippen MR) is 76.1 cm³/mol. The lowest BCUT2D eigenvalue weighted by Gasteiger charge is -2.31. The van der Waals surface area contributed by atoms with Gasteiger partial charge in [-0.15, -0.1) is 0 Å². The van der Waals surface area contributed by atoms with Gasteiger partial charge in [-0.3, -0.25) is 9.69 Å². The molecule has 1 aromatic carbocycles. The van der Waals surface area contributed by atoms with E-state index in [0.717, 1.165) is 44.6 Å². The Balaban J connectivity index is 1.65. The number of amides is 1. The molecule has 0 aliphatic carbocycles. The van der Waals surface area contributed by atoms with Gasteiger partial charge in [0.05, 0.1) is 6.54 Å². The average Bonchev–Trinajstić information content (AvgIpc) is 2.82. The number of likely N-dealkylation sites (tertiary alicyclic amines) is 1. The Morgan fingerprint density at radius 1 is 1.32 bits per heavy atom. The van der Waals surface area contributed by atoms with Gasteiger partial charge in [0.2, 0.25) is 5.91 Å². The van der Waals surface area contributed by atoms with Crippen LogP contribution in [0.3, 0.4) is 0 Å². The van der Waals surface area contributed by atoms with Crippen LogP contribution in [0.25, 0.3) is 0 Å². The van der Waals surface area contributed by atoms with Crippen molar-refractivity contribution >= 4 is 11.6 Å². The third kappa shape index (κ3) is 2.65. The number of nitrogens with zero attached hydrogens (tertiary/aromatic N) is 2. The Hall–Kier alpha value is -1.39. The zero-order chi connectivity index (χ0) is 13.2. The number of carbonyl (C=O) groups is 1. The highest BCUT2D eigenvalue weighted by Crippen LogP contribution is 2.27. The number of piperidine rings is 1. The number of fused-ring (bicyclic) bond motifs is 1. The summed E-state index contributed by atoms with van der Waals surface area (Å²) in [6.45, 7) is 3.16. The van der Waals surface area contributed by atoms with Gasteiger partial charge in [0.15, 0.2) is 0 Å². The second-order valence-electron chi connectivity index (χ2n) is 5.56. The second-order valence-corrected chi connectivity index (χ2v) is 5.56. The Kier molecular flexibility index (Phi) is 3.53. The van der Waals surface area contributed by atoms with E-state index in [1.165, 1.54) is 5.56 Å². The molecule has 0 spiro atoms. The van der Waals surface area contributed by atoms with Crippen LogP contribution in [-0.2, 0) is 11.2 Å². The fourth-order valence-corrected chi connectivity index (χ4v) is 3.11. The van der Waals surface area contributed by atoms with Crippen LogP contribution < -0.4 is 10.6 Å². The molecule has 1 saturated heterocycles. The lowest BCUT2D eigenvalue weighted by Crippen LogP contribution is -2.47. The molecule has 2 N–H and O–H groups in total. The Bertz CT molecular complexity index is 474. The molecule has 0 radical (unpaired) electrons. The molecular weight excluding hydrogens is 238 g/mol. The molecular formula is C15H21N3O. The Labute approximate surface area is 114 Å². The lowest BCUT2D eigenvalue weighted by atomic mass is 10.1. The van der Waals surface area contributed by atoms with Gasteiger partial charge in [0, 0.05) is 24.8 Å². The van der Waals surface area contributed by atoms with E-state index < -0.39 is 0 Å². The minimum Gasteiger partial charge on any atom is -0.327 e. The molecule has 1 unspecified atom stereocenters. The SMILES string of the molecule is NC1CCCN(CC(=O)N2CCc3ccccc32)C1. The van der Waals surface area contributed by atoms with E-state index in [9.17, 15) is 4.79 Å². The number of carbonyl (C=O) groups excluding carboxylic acids is 1. The van der Waals surface area contributed by atoms with Crippen LogP contribution in [0.5, 0.6) is 0 Å². The van der Waals surface area contributed by atoms with Gasteiger partial charge in [-0.25, -0.2) is 0 Å². The van der Waals surface area contributed by atoms with E-state index in [-0.39, 0.29) is 11.9 Å². The van der Waals surface area contributed by atoms with Crippen molar-refractivity contribution in [2.24, 2.45) is 5.73 Å². The molecule has 2 heterocycles. The number of hydrogen-bond donors (Lipinski definition) is 1. The maximum Gasteiger partial charge on any atom is 0.241 e. The van der Waals surface area contributed by atoms with Gasteiger partial charge < -0.3 is 10.6 Å². The third-order valence-corrected chi connectivity index (χ3v) is 4.09. The normalized spacial score (nSPS) is 23.4. The summed E-state index contributed by atoms with van der Waals surface area (Å²) >= 11 is 0. The van der Waals surface area contributed by atoms with Crippen LogP contribution in [0.4, 0.5) is 5.69 Å². The smallest absolute Gasteiger partial charge is 0.241 e. The van der Waals surface area contributed by atoms with Crippen molar-refractivity contribution < 1.29 is 4.79 Å². The van der Waals surface area contributed by atoms with E-state index in [2.05, 4.69) is 11.0 Å². The van der Waals surface area contributed by atoms with Crippen LogP contribution in [0.1, 0.15) is 18.4 Å². The first-order valence-corrected chi connectivity index (χ1v) is 7.10. The highest BCUT2D eigenvalue weighted by atomic mass is 16.2. The summed E-state index contributed by atoms with van der Waals surface area (Å²) in [6, 6.07) is 8.42. The number of hydrogen-bond acceptors (Lipinski definition) is 3. The minimum absolute atomic E-state index is 0.207. The quantitative estimate of drug-likeness (QED) is 0.862. The molecule has 2 aliphatic rings. The largest absolute Gasteiger partial charge is 0.327 e. The number of anilines is 1. The Morgan fingerprint density at radius 2 is 2.16 bits per heavy atom. The lowest BCUT2D eigenvalue weighted by molar-refractivity contribution is -0.119. The van der Waals surface area contributed by atoms with Crippen molar-refractivity contribution in [2.75, 3.05) is 31.1 Å². The fraction of sp³-hybridized carbons (Fsp3) is 0.533. The van der Waals surface area contributed by atoms with E-state index in [4.69, 9.17) is 5.73 Å².